The van der Waals surface area contributed by atoms with Crippen LogP contribution in [0.1, 0.15) is 5.76 Å². The molecule has 0 aliphatic carbocycles. The van der Waals surface area contributed by atoms with Crippen LogP contribution in [0, 0.1) is 0 Å². The summed E-state index contributed by atoms with van der Waals surface area (Å²) in [5, 5.41) is 0.638. The first-order chi connectivity index (χ1) is 10.9. The minimum Gasteiger partial charge on any atom is -0.440 e. The van der Waals surface area contributed by atoms with Gasteiger partial charge in [0.05, 0.1) is 11.9 Å². The third kappa shape index (κ3) is 2.63. The van der Waals surface area contributed by atoms with Gasteiger partial charge in [0.25, 0.3) is 5.22 Å². The third-order valence-corrected chi connectivity index (χ3v) is 4.04. The first-order valence-corrected chi connectivity index (χ1v) is 7.85. The Morgan fingerprint density at radius 3 is 2.59 bits per heavy atom. The highest BCUT2D eigenvalue weighted by Crippen LogP contribution is 2.27. The predicted octanol–water partition coefficient (Wildman–Crippen LogP) is 4.78. The van der Waals surface area contributed by atoms with E-state index in [-0.39, 0.29) is 0 Å². The third-order valence-electron chi connectivity index (χ3n) is 3.19. The van der Waals surface area contributed by atoms with Gasteiger partial charge in [0.1, 0.15) is 11.3 Å². The molecule has 0 aliphatic heterocycles. The lowest BCUT2D eigenvalue weighted by Crippen LogP contribution is -1.76. The normalized spacial score (nSPS) is 11.1. The summed E-state index contributed by atoms with van der Waals surface area (Å²) < 4.78 is 11.4. The van der Waals surface area contributed by atoms with Crippen LogP contribution in [0.3, 0.4) is 0 Å². The Bertz CT molecular complexity index is 866. The SMILES string of the molecule is c1ccc(-c2ncc(CSc3nc4ccccc4o3)o2)cc1. The Kier molecular flexibility index (Phi) is 3.40. The number of benzene rings is 2. The van der Waals surface area contributed by atoms with E-state index in [1.807, 2.05) is 54.6 Å². The Hall–Kier alpha value is -2.53. The highest BCUT2D eigenvalue weighted by atomic mass is 32.2. The highest BCUT2D eigenvalue weighted by molar-refractivity contribution is 7.98. The average Bonchev–Trinajstić information content (AvgIpc) is 3.20. The van der Waals surface area contributed by atoms with Gasteiger partial charge in [-0.1, -0.05) is 42.1 Å². The van der Waals surface area contributed by atoms with Crippen molar-refractivity contribution in [3.05, 3.63) is 66.6 Å². The number of oxazole rings is 2. The summed E-state index contributed by atoms with van der Waals surface area (Å²) >= 11 is 1.50. The van der Waals surface area contributed by atoms with Gasteiger partial charge < -0.3 is 8.83 Å². The minimum absolute atomic E-state index is 0.632. The van der Waals surface area contributed by atoms with E-state index >= 15 is 0 Å². The Balaban J connectivity index is 1.49. The van der Waals surface area contributed by atoms with E-state index in [1.165, 1.54) is 11.8 Å². The fraction of sp³-hybridized carbons (Fsp3) is 0.0588. The molecule has 4 rings (SSSR count). The van der Waals surface area contributed by atoms with Crippen molar-refractivity contribution in [2.45, 2.75) is 11.0 Å². The molecule has 0 radical (unpaired) electrons. The maximum Gasteiger partial charge on any atom is 0.257 e. The fourth-order valence-corrected chi connectivity index (χ4v) is 2.84. The molecule has 0 saturated carbocycles. The molecule has 0 saturated heterocycles. The van der Waals surface area contributed by atoms with Gasteiger partial charge in [0.2, 0.25) is 5.89 Å². The van der Waals surface area contributed by atoms with Crippen LogP contribution in [0.5, 0.6) is 0 Å². The number of aromatic nitrogens is 2. The van der Waals surface area contributed by atoms with E-state index in [0.717, 1.165) is 22.4 Å². The summed E-state index contributed by atoms with van der Waals surface area (Å²) in [7, 11) is 0. The van der Waals surface area contributed by atoms with Gasteiger partial charge in [-0.3, -0.25) is 0 Å². The van der Waals surface area contributed by atoms with Crippen LogP contribution in [-0.2, 0) is 5.75 Å². The maximum atomic E-state index is 5.76. The molecule has 2 aromatic carbocycles. The largest absolute Gasteiger partial charge is 0.440 e. The molecule has 0 fully saturated rings. The van der Waals surface area contributed by atoms with Crippen molar-refractivity contribution in [1.82, 2.24) is 9.97 Å². The van der Waals surface area contributed by atoms with Gasteiger partial charge in [-0.15, -0.1) is 0 Å². The number of fused-ring (bicyclic) bond motifs is 1. The molecule has 22 heavy (non-hydrogen) atoms. The predicted molar refractivity (Wildman–Crippen MR) is 85.5 cm³/mol. The van der Waals surface area contributed by atoms with E-state index < -0.39 is 0 Å². The first kappa shape index (κ1) is 13.2. The Morgan fingerprint density at radius 2 is 1.73 bits per heavy atom. The zero-order chi connectivity index (χ0) is 14.8. The Morgan fingerprint density at radius 1 is 0.909 bits per heavy atom. The zero-order valence-corrected chi connectivity index (χ0v) is 12.4. The van der Waals surface area contributed by atoms with Crippen LogP contribution >= 0.6 is 11.8 Å². The summed E-state index contributed by atoms with van der Waals surface area (Å²) in [5.41, 5.74) is 2.64. The first-order valence-electron chi connectivity index (χ1n) is 6.87. The quantitative estimate of drug-likeness (QED) is 0.508. The minimum atomic E-state index is 0.632. The molecule has 4 nitrogen and oxygen atoms in total. The summed E-state index contributed by atoms with van der Waals surface area (Å²) in [6.45, 7) is 0. The molecular weight excluding hydrogens is 296 g/mol. The zero-order valence-electron chi connectivity index (χ0n) is 11.6. The molecule has 0 bridgehead atoms. The van der Waals surface area contributed by atoms with E-state index in [9.17, 15) is 0 Å². The summed E-state index contributed by atoms with van der Waals surface area (Å²) in [6.07, 6.45) is 1.75. The van der Waals surface area contributed by atoms with E-state index in [2.05, 4.69) is 9.97 Å². The molecule has 0 spiro atoms. The molecule has 2 heterocycles. The summed E-state index contributed by atoms with van der Waals surface area (Å²) in [4.78, 5) is 8.74. The summed E-state index contributed by atoms with van der Waals surface area (Å²) in [5.74, 6) is 2.06. The second kappa shape index (κ2) is 5.69. The molecule has 4 aromatic rings. The van der Waals surface area contributed by atoms with Gasteiger partial charge in [-0.05, 0) is 24.3 Å². The number of rotatable bonds is 4. The molecule has 0 aliphatic rings. The number of para-hydroxylation sites is 2. The molecular formula is C17H12N2O2S. The lowest BCUT2D eigenvalue weighted by molar-refractivity contribution is 0.487. The lowest BCUT2D eigenvalue weighted by atomic mass is 10.2. The van der Waals surface area contributed by atoms with Gasteiger partial charge in [0, 0.05) is 5.56 Å². The second-order valence-corrected chi connectivity index (χ2v) is 5.66. The van der Waals surface area contributed by atoms with Crippen LogP contribution in [0.2, 0.25) is 0 Å². The van der Waals surface area contributed by atoms with Crippen molar-refractivity contribution >= 4 is 22.9 Å². The standard InChI is InChI=1S/C17H12N2O2S/c1-2-6-12(7-3-1)16-18-10-13(20-16)11-22-17-19-14-8-4-5-9-15(14)21-17/h1-10H,11H2. The van der Waals surface area contributed by atoms with Gasteiger partial charge in [-0.2, -0.15) is 0 Å². The van der Waals surface area contributed by atoms with Crippen LogP contribution in [0.25, 0.3) is 22.6 Å². The smallest absolute Gasteiger partial charge is 0.257 e. The van der Waals surface area contributed by atoms with Crippen LogP contribution in [0.15, 0.2) is 74.9 Å². The molecule has 2 aromatic heterocycles. The van der Waals surface area contributed by atoms with Crippen molar-refractivity contribution in [3.63, 3.8) is 0 Å². The number of nitrogens with zero attached hydrogens (tertiary/aromatic N) is 2. The highest BCUT2D eigenvalue weighted by Gasteiger charge is 2.10. The number of hydrogen-bond acceptors (Lipinski definition) is 5. The molecule has 5 heteroatoms. The lowest BCUT2D eigenvalue weighted by Gasteiger charge is -1.94. The average molecular weight is 308 g/mol. The summed E-state index contributed by atoms with van der Waals surface area (Å²) in [6, 6.07) is 17.6. The van der Waals surface area contributed by atoms with Crippen molar-refractivity contribution in [2.24, 2.45) is 0 Å². The fourth-order valence-electron chi connectivity index (χ4n) is 2.13. The molecule has 0 atom stereocenters. The van der Waals surface area contributed by atoms with Crippen molar-refractivity contribution in [2.75, 3.05) is 0 Å². The van der Waals surface area contributed by atoms with Crippen LogP contribution in [0.4, 0.5) is 0 Å². The maximum absolute atomic E-state index is 5.76. The van der Waals surface area contributed by atoms with E-state index in [4.69, 9.17) is 8.83 Å². The van der Waals surface area contributed by atoms with Gasteiger partial charge >= 0.3 is 0 Å². The topological polar surface area (TPSA) is 52.1 Å². The molecule has 0 amide bonds. The molecule has 108 valence electrons. The Labute approximate surface area is 131 Å². The van der Waals surface area contributed by atoms with Gasteiger partial charge in [0.15, 0.2) is 5.58 Å². The molecule has 0 unspecified atom stereocenters. The van der Waals surface area contributed by atoms with Crippen LogP contribution in [-0.4, -0.2) is 9.97 Å². The van der Waals surface area contributed by atoms with Crippen molar-refractivity contribution in [3.8, 4) is 11.5 Å². The van der Waals surface area contributed by atoms with E-state index in [0.29, 0.717) is 16.9 Å². The van der Waals surface area contributed by atoms with E-state index in [1.54, 1.807) is 6.20 Å². The second-order valence-electron chi connectivity index (χ2n) is 4.73. The van der Waals surface area contributed by atoms with Crippen molar-refractivity contribution < 1.29 is 8.83 Å². The monoisotopic (exact) mass is 308 g/mol. The molecule has 0 N–H and O–H groups in total. The van der Waals surface area contributed by atoms with Gasteiger partial charge in [-0.25, -0.2) is 9.97 Å². The van der Waals surface area contributed by atoms with Crippen molar-refractivity contribution in [1.29, 1.82) is 0 Å². The van der Waals surface area contributed by atoms with Crippen LogP contribution < -0.4 is 0 Å². The number of thioether (sulfide) groups is 1. The number of hydrogen-bond donors (Lipinski definition) is 0.